The number of nitrogens with zero attached hydrogens (tertiary/aromatic N) is 2. The fraction of sp³-hybridized carbons (Fsp3) is 0.643. The van der Waals surface area contributed by atoms with Gasteiger partial charge in [-0.05, 0) is 37.9 Å². The van der Waals surface area contributed by atoms with Crippen LogP contribution >= 0.6 is 23.2 Å². The van der Waals surface area contributed by atoms with E-state index in [2.05, 4.69) is 16.8 Å². The van der Waals surface area contributed by atoms with Gasteiger partial charge in [-0.15, -0.1) is 0 Å². The van der Waals surface area contributed by atoms with E-state index in [1.165, 1.54) is 38.8 Å². The minimum absolute atomic E-state index is 0.463. The molecule has 0 atom stereocenters. The lowest BCUT2D eigenvalue weighted by atomic mass is 9.92. The molecule has 1 aliphatic rings. The minimum atomic E-state index is 0.463. The van der Waals surface area contributed by atoms with Crippen LogP contribution in [-0.2, 0) is 6.54 Å². The Bertz CT molecular complexity index is 387. The second kappa shape index (κ2) is 6.74. The van der Waals surface area contributed by atoms with Crippen molar-refractivity contribution in [3.8, 4) is 0 Å². The monoisotopic (exact) mass is 286 g/mol. The van der Waals surface area contributed by atoms with Gasteiger partial charge in [-0.2, -0.15) is 0 Å². The smallest absolute Gasteiger partial charge is 0.130 e. The van der Waals surface area contributed by atoms with Crippen LogP contribution in [0, 0.1) is 5.92 Å². The number of pyridine rings is 1. The molecular weight excluding hydrogens is 267 g/mol. The topological polar surface area (TPSA) is 16.1 Å². The summed E-state index contributed by atoms with van der Waals surface area (Å²) in [5.74, 6) is 0.921. The molecule has 100 valence electrons. The average molecular weight is 287 g/mol. The lowest BCUT2D eigenvalue weighted by molar-refractivity contribution is 0.171. The van der Waals surface area contributed by atoms with Crippen LogP contribution in [0.3, 0.4) is 0 Å². The molecule has 1 fully saturated rings. The van der Waals surface area contributed by atoms with E-state index in [0.29, 0.717) is 5.15 Å². The van der Waals surface area contributed by atoms with Crippen molar-refractivity contribution < 1.29 is 0 Å². The first kappa shape index (κ1) is 14.1. The lowest BCUT2D eigenvalue weighted by Crippen LogP contribution is -2.33. The Morgan fingerprint density at radius 2 is 2.06 bits per heavy atom. The van der Waals surface area contributed by atoms with Gasteiger partial charge in [0.2, 0.25) is 0 Å². The molecule has 0 aromatic carbocycles. The summed E-state index contributed by atoms with van der Waals surface area (Å²) in [4.78, 5) is 6.57. The normalized spacial score (nSPS) is 18.2. The SMILES string of the molecule is CCCC1CCN(Cc2cnc(Cl)cc2Cl)CC1. The van der Waals surface area contributed by atoms with Gasteiger partial charge in [0.15, 0.2) is 0 Å². The lowest BCUT2D eigenvalue weighted by Gasteiger charge is -2.31. The van der Waals surface area contributed by atoms with Crippen LogP contribution in [0.25, 0.3) is 0 Å². The third kappa shape index (κ3) is 3.84. The average Bonchev–Trinajstić information content (AvgIpc) is 2.35. The van der Waals surface area contributed by atoms with Crippen molar-refractivity contribution in [2.24, 2.45) is 5.92 Å². The fourth-order valence-electron chi connectivity index (χ4n) is 2.63. The molecule has 4 heteroatoms. The molecule has 18 heavy (non-hydrogen) atoms. The van der Waals surface area contributed by atoms with Crippen molar-refractivity contribution in [1.82, 2.24) is 9.88 Å². The molecule has 2 heterocycles. The quantitative estimate of drug-likeness (QED) is 0.763. The van der Waals surface area contributed by atoms with Gasteiger partial charge in [0.05, 0.1) is 0 Å². The van der Waals surface area contributed by atoms with Gasteiger partial charge in [0.25, 0.3) is 0 Å². The summed E-state index contributed by atoms with van der Waals surface area (Å²) in [5, 5.41) is 1.19. The molecule has 2 nitrogen and oxygen atoms in total. The minimum Gasteiger partial charge on any atom is -0.299 e. The number of likely N-dealkylation sites (tertiary alicyclic amines) is 1. The number of aromatic nitrogens is 1. The predicted molar refractivity (Wildman–Crippen MR) is 77.2 cm³/mol. The summed E-state index contributed by atoms with van der Waals surface area (Å²) in [6.07, 6.45) is 7.09. The van der Waals surface area contributed by atoms with Crippen molar-refractivity contribution in [2.45, 2.75) is 39.2 Å². The van der Waals surface area contributed by atoms with E-state index >= 15 is 0 Å². The van der Waals surface area contributed by atoms with Gasteiger partial charge in [0, 0.05) is 23.3 Å². The molecule has 0 amide bonds. The Balaban J connectivity index is 1.87. The highest BCUT2D eigenvalue weighted by molar-refractivity contribution is 6.34. The first-order valence-corrected chi connectivity index (χ1v) is 7.47. The number of halogens is 2. The number of rotatable bonds is 4. The summed E-state index contributed by atoms with van der Waals surface area (Å²) in [6, 6.07) is 1.72. The van der Waals surface area contributed by atoms with Gasteiger partial charge in [-0.25, -0.2) is 4.98 Å². The Morgan fingerprint density at radius 3 is 2.67 bits per heavy atom. The van der Waals surface area contributed by atoms with Crippen molar-refractivity contribution in [3.05, 3.63) is 28.0 Å². The van der Waals surface area contributed by atoms with Gasteiger partial charge in [-0.3, -0.25) is 4.90 Å². The van der Waals surface area contributed by atoms with E-state index in [1.807, 2.05) is 0 Å². The molecule has 0 N–H and O–H groups in total. The molecule has 0 saturated carbocycles. The second-order valence-corrected chi connectivity index (χ2v) is 5.90. The summed E-state index contributed by atoms with van der Waals surface area (Å²) in [7, 11) is 0. The van der Waals surface area contributed by atoms with E-state index < -0.39 is 0 Å². The first-order chi connectivity index (χ1) is 8.69. The van der Waals surface area contributed by atoms with Crippen LogP contribution in [0.15, 0.2) is 12.3 Å². The molecule has 0 aliphatic carbocycles. The van der Waals surface area contributed by atoms with E-state index in [0.717, 1.165) is 23.0 Å². The van der Waals surface area contributed by atoms with Crippen LogP contribution < -0.4 is 0 Å². The summed E-state index contributed by atoms with van der Waals surface area (Å²) in [6.45, 7) is 5.50. The van der Waals surface area contributed by atoms with Gasteiger partial charge >= 0.3 is 0 Å². The molecule has 0 radical (unpaired) electrons. The third-order valence-corrected chi connectivity index (χ3v) is 4.25. The van der Waals surface area contributed by atoms with Crippen LogP contribution in [-0.4, -0.2) is 23.0 Å². The molecule has 1 aromatic heterocycles. The zero-order valence-electron chi connectivity index (χ0n) is 10.8. The summed E-state index contributed by atoms with van der Waals surface area (Å²) >= 11 is 12.0. The van der Waals surface area contributed by atoms with Gasteiger partial charge < -0.3 is 0 Å². The molecule has 1 aliphatic heterocycles. The summed E-state index contributed by atoms with van der Waals surface area (Å²) < 4.78 is 0. The van der Waals surface area contributed by atoms with Crippen LogP contribution in [0.5, 0.6) is 0 Å². The molecule has 1 aromatic rings. The van der Waals surface area contributed by atoms with Crippen LogP contribution in [0.2, 0.25) is 10.2 Å². The molecule has 2 rings (SSSR count). The van der Waals surface area contributed by atoms with E-state index in [-0.39, 0.29) is 0 Å². The van der Waals surface area contributed by atoms with Gasteiger partial charge in [-0.1, -0.05) is 43.0 Å². The molecule has 1 saturated heterocycles. The molecule has 0 unspecified atom stereocenters. The predicted octanol–water partition coefficient (Wildman–Crippen LogP) is 4.40. The maximum absolute atomic E-state index is 6.18. The first-order valence-electron chi connectivity index (χ1n) is 6.71. The Labute approximate surface area is 119 Å². The standard InChI is InChI=1S/C14H20Cl2N2/c1-2-3-11-4-6-18(7-5-11)10-12-9-17-14(16)8-13(12)15/h8-9,11H,2-7,10H2,1H3. The number of hydrogen-bond donors (Lipinski definition) is 0. The molecular formula is C14H20Cl2N2. The third-order valence-electron chi connectivity index (χ3n) is 3.69. The maximum Gasteiger partial charge on any atom is 0.130 e. The van der Waals surface area contributed by atoms with E-state index in [9.17, 15) is 0 Å². The Morgan fingerprint density at radius 1 is 1.33 bits per heavy atom. The van der Waals surface area contributed by atoms with Crippen LogP contribution in [0.4, 0.5) is 0 Å². The van der Waals surface area contributed by atoms with Gasteiger partial charge in [0.1, 0.15) is 5.15 Å². The number of hydrogen-bond acceptors (Lipinski definition) is 2. The zero-order chi connectivity index (χ0) is 13.0. The van der Waals surface area contributed by atoms with Crippen molar-refractivity contribution in [1.29, 1.82) is 0 Å². The van der Waals surface area contributed by atoms with E-state index in [4.69, 9.17) is 23.2 Å². The second-order valence-electron chi connectivity index (χ2n) is 5.11. The Hall–Kier alpha value is -0.310. The largest absolute Gasteiger partial charge is 0.299 e. The molecule has 0 spiro atoms. The van der Waals surface area contributed by atoms with Crippen molar-refractivity contribution >= 4 is 23.2 Å². The zero-order valence-corrected chi connectivity index (χ0v) is 12.3. The van der Waals surface area contributed by atoms with Crippen LogP contribution in [0.1, 0.15) is 38.2 Å². The highest BCUT2D eigenvalue weighted by Crippen LogP contribution is 2.25. The van der Waals surface area contributed by atoms with Crippen molar-refractivity contribution in [2.75, 3.05) is 13.1 Å². The van der Waals surface area contributed by atoms with Crippen molar-refractivity contribution in [3.63, 3.8) is 0 Å². The Kier molecular flexibility index (Phi) is 5.28. The highest BCUT2D eigenvalue weighted by Gasteiger charge is 2.19. The molecule has 0 bridgehead atoms. The highest BCUT2D eigenvalue weighted by atomic mass is 35.5. The maximum atomic E-state index is 6.18. The number of piperidine rings is 1. The fourth-order valence-corrected chi connectivity index (χ4v) is 3.06. The summed E-state index contributed by atoms with van der Waals surface area (Å²) in [5.41, 5.74) is 1.08. The van der Waals surface area contributed by atoms with E-state index in [1.54, 1.807) is 12.3 Å².